The van der Waals surface area contributed by atoms with Crippen molar-refractivity contribution in [2.24, 2.45) is 11.7 Å². The lowest BCUT2D eigenvalue weighted by molar-refractivity contribution is 0.0706. The fourth-order valence-electron chi connectivity index (χ4n) is 2.44. The van der Waals surface area contributed by atoms with Gasteiger partial charge in [-0.3, -0.25) is 4.79 Å². The smallest absolute Gasteiger partial charge is 0.255 e. The summed E-state index contributed by atoms with van der Waals surface area (Å²) in [5.41, 5.74) is 6.87. The lowest BCUT2D eigenvalue weighted by atomic mass is 9.85. The SMILES string of the molecule is CCN(CC1CCC1)C(=O)c1ccccc1C#CCN. The summed E-state index contributed by atoms with van der Waals surface area (Å²) < 4.78 is 0. The highest BCUT2D eigenvalue weighted by Gasteiger charge is 2.24. The van der Waals surface area contributed by atoms with Crippen molar-refractivity contribution in [3.63, 3.8) is 0 Å². The number of rotatable bonds is 4. The van der Waals surface area contributed by atoms with Gasteiger partial charge in [0.2, 0.25) is 0 Å². The molecule has 2 rings (SSSR count). The van der Waals surface area contributed by atoms with Crippen molar-refractivity contribution in [1.82, 2.24) is 4.90 Å². The molecule has 1 saturated carbocycles. The van der Waals surface area contributed by atoms with Gasteiger partial charge in [0.25, 0.3) is 5.91 Å². The lowest BCUT2D eigenvalue weighted by Crippen LogP contribution is -2.37. The largest absolute Gasteiger partial charge is 0.339 e. The first-order chi connectivity index (χ1) is 9.76. The Bertz CT molecular complexity index is 523. The zero-order chi connectivity index (χ0) is 14.4. The van der Waals surface area contributed by atoms with E-state index in [1.54, 1.807) is 0 Å². The maximum Gasteiger partial charge on any atom is 0.255 e. The number of carbonyl (C=O) groups is 1. The number of nitrogens with zero attached hydrogens (tertiary/aromatic N) is 1. The second-order valence-corrected chi connectivity index (χ2v) is 5.19. The third kappa shape index (κ3) is 3.40. The molecule has 1 aromatic carbocycles. The summed E-state index contributed by atoms with van der Waals surface area (Å²) in [6.07, 6.45) is 3.80. The summed E-state index contributed by atoms with van der Waals surface area (Å²) >= 11 is 0. The van der Waals surface area contributed by atoms with Gasteiger partial charge in [-0.2, -0.15) is 0 Å². The molecule has 1 aromatic rings. The zero-order valence-electron chi connectivity index (χ0n) is 12.1. The van der Waals surface area contributed by atoms with E-state index < -0.39 is 0 Å². The molecule has 0 saturated heterocycles. The van der Waals surface area contributed by atoms with Crippen LogP contribution >= 0.6 is 0 Å². The predicted octanol–water partition coefficient (Wildman–Crippen LogP) is 2.26. The summed E-state index contributed by atoms with van der Waals surface area (Å²) in [6.45, 7) is 3.95. The molecule has 2 N–H and O–H groups in total. The fourth-order valence-corrected chi connectivity index (χ4v) is 2.44. The van der Waals surface area contributed by atoms with Crippen molar-refractivity contribution >= 4 is 5.91 Å². The summed E-state index contributed by atoms with van der Waals surface area (Å²) in [5, 5.41) is 0. The molecular weight excluding hydrogens is 248 g/mol. The Kier molecular flexibility index (Phi) is 5.20. The quantitative estimate of drug-likeness (QED) is 0.853. The fraction of sp³-hybridized carbons (Fsp3) is 0.471. The number of benzene rings is 1. The highest BCUT2D eigenvalue weighted by Crippen LogP contribution is 2.27. The van der Waals surface area contributed by atoms with E-state index in [9.17, 15) is 4.79 Å². The molecule has 0 atom stereocenters. The van der Waals surface area contributed by atoms with Gasteiger partial charge in [-0.1, -0.05) is 30.4 Å². The molecule has 1 aliphatic rings. The van der Waals surface area contributed by atoms with E-state index in [0.29, 0.717) is 18.0 Å². The Hall–Kier alpha value is -1.79. The number of amides is 1. The van der Waals surface area contributed by atoms with Crippen LogP contribution in [-0.4, -0.2) is 30.4 Å². The molecule has 0 heterocycles. The average Bonchev–Trinajstić information content (AvgIpc) is 2.44. The lowest BCUT2D eigenvalue weighted by Gasteiger charge is -2.32. The molecule has 1 amide bonds. The minimum absolute atomic E-state index is 0.0846. The van der Waals surface area contributed by atoms with Gasteiger partial charge in [-0.25, -0.2) is 0 Å². The van der Waals surface area contributed by atoms with Crippen molar-refractivity contribution in [3.8, 4) is 11.8 Å². The summed E-state index contributed by atoms with van der Waals surface area (Å²) in [6, 6.07) is 7.52. The number of nitrogens with two attached hydrogens (primary N) is 1. The topological polar surface area (TPSA) is 46.3 Å². The number of hydrogen-bond donors (Lipinski definition) is 1. The van der Waals surface area contributed by atoms with E-state index in [1.165, 1.54) is 19.3 Å². The zero-order valence-corrected chi connectivity index (χ0v) is 12.1. The monoisotopic (exact) mass is 270 g/mol. The minimum Gasteiger partial charge on any atom is -0.339 e. The summed E-state index contributed by atoms with van der Waals surface area (Å²) in [4.78, 5) is 14.6. The van der Waals surface area contributed by atoms with Gasteiger partial charge in [0.1, 0.15) is 0 Å². The molecular formula is C17H22N2O. The van der Waals surface area contributed by atoms with Crippen molar-refractivity contribution < 1.29 is 4.79 Å². The molecule has 0 bridgehead atoms. The first kappa shape index (κ1) is 14.6. The van der Waals surface area contributed by atoms with Crippen molar-refractivity contribution in [2.75, 3.05) is 19.6 Å². The van der Waals surface area contributed by atoms with Crippen LogP contribution < -0.4 is 5.73 Å². The van der Waals surface area contributed by atoms with E-state index in [2.05, 4.69) is 11.8 Å². The highest BCUT2D eigenvalue weighted by atomic mass is 16.2. The molecule has 1 aliphatic carbocycles. The van der Waals surface area contributed by atoms with Crippen molar-refractivity contribution in [1.29, 1.82) is 0 Å². The van der Waals surface area contributed by atoms with Crippen LogP contribution in [0.25, 0.3) is 0 Å². The Morgan fingerprint density at radius 3 is 2.75 bits per heavy atom. The van der Waals surface area contributed by atoms with Crippen molar-refractivity contribution in [3.05, 3.63) is 35.4 Å². The van der Waals surface area contributed by atoms with Gasteiger partial charge in [0.05, 0.1) is 12.1 Å². The maximum atomic E-state index is 12.7. The molecule has 0 aliphatic heterocycles. The summed E-state index contributed by atoms with van der Waals surface area (Å²) in [5.74, 6) is 6.58. The van der Waals surface area contributed by atoms with Crippen LogP contribution in [0.15, 0.2) is 24.3 Å². The van der Waals surface area contributed by atoms with Gasteiger partial charge in [-0.15, -0.1) is 0 Å². The third-order valence-electron chi connectivity index (χ3n) is 3.85. The Morgan fingerprint density at radius 2 is 2.15 bits per heavy atom. The van der Waals surface area contributed by atoms with Crippen LogP contribution in [0, 0.1) is 17.8 Å². The third-order valence-corrected chi connectivity index (χ3v) is 3.85. The van der Waals surface area contributed by atoms with Crippen LogP contribution in [0.3, 0.4) is 0 Å². The van der Waals surface area contributed by atoms with E-state index in [1.807, 2.05) is 36.1 Å². The molecule has 0 radical (unpaired) electrons. The molecule has 20 heavy (non-hydrogen) atoms. The van der Waals surface area contributed by atoms with Gasteiger partial charge in [-0.05, 0) is 37.8 Å². The standard InChI is InChI=1S/C17H22N2O/c1-2-19(13-14-7-5-8-14)17(20)16-11-4-3-9-15(16)10-6-12-18/h3-4,9,11,14H,2,5,7-8,12-13,18H2,1H3. The molecule has 1 fully saturated rings. The second-order valence-electron chi connectivity index (χ2n) is 5.19. The van der Waals surface area contributed by atoms with E-state index in [0.717, 1.165) is 18.7 Å². The number of carbonyl (C=O) groups excluding carboxylic acids is 1. The van der Waals surface area contributed by atoms with Gasteiger partial charge >= 0.3 is 0 Å². The maximum absolute atomic E-state index is 12.7. The van der Waals surface area contributed by atoms with Crippen LogP contribution in [0.5, 0.6) is 0 Å². The molecule has 3 heteroatoms. The van der Waals surface area contributed by atoms with E-state index in [-0.39, 0.29) is 5.91 Å². The van der Waals surface area contributed by atoms with Crippen LogP contribution in [0.1, 0.15) is 42.1 Å². The van der Waals surface area contributed by atoms with Gasteiger partial charge < -0.3 is 10.6 Å². The highest BCUT2D eigenvalue weighted by molar-refractivity contribution is 5.96. The first-order valence-corrected chi connectivity index (χ1v) is 7.33. The Balaban J connectivity index is 2.17. The molecule has 0 unspecified atom stereocenters. The Morgan fingerprint density at radius 1 is 1.40 bits per heavy atom. The van der Waals surface area contributed by atoms with Crippen LogP contribution in [0.4, 0.5) is 0 Å². The van der Waals surface area contributed by atoms with Crippen LogP contribution in [-0.2, 0) is 0 Å². The average molecular weight is 270 g/mol. The van der Waals surface area contributed by atoms with Crippen LogP contribution in [0.2, 0.25) is 0 Å². The van der Waals surface area contributed by atoms with Gasteiger partial charge in [0, 0.05) is 18.7 Å². The summed E-state index contributed by atoms with van der Waals surface area (Å²) in [7, 11) is 0. The Labute approximate surface area is 121 Å². The molecule has 3 nitrogen and oxygen atoms in total. The van der Waals surface area contributed by atoms with E-state index in [4.69, 9.17) is 5.73 Å². The second kappa shape index (κ2) is 7.12. The normalized spacial score (nSPS) is 14.1. The molecule has 0 aromatic heterocycles. The van der Waals surface area contributed by atoms with Gasteiger partial charge in [0.15, 0.2) is 0 Å². The minimum atomic E-state index is 0.0846. The molecule has 0 spiro atoms. The predicted molar refractivity (Wildman–Crippen MR) is 81.3 cm³/mol. The first-order valence-electron chi connectivity index (χ1n) is 7.33. The number of hydrogen-bond acceptors (Lipinski definition) is 2. The molecule has 106 valence electrons. The van der Waals surface area contributed by atoms with E-state index >= 15 is 0 Å². The van der Waals surface area contributed by atoms with Crippen molar-refractivity contribution in [2.45, 2.75) is 26.2 Å².